The fourth-order valence-electron chi connectivity index (χ4n) is 2.92. The van der Waals surface area contributed by atoms with Crippen LogP contribution in [0.2, 0.25) is 0 Å². The largest absolute Gasteiger partial charge is 0.478 e. The fourth-order valence-corrected chi connectivity index (χ4v) is 4.17. The summed E-state index contributed by atoms with van der Waals surface area (Å²) in [5, 5.41) is 12.6. The third-order valence-corrected chi connectivity index (χ3v) is 5.29. The first-order chi connectivity index (χ1) is 12.5. The number of anilines is 1. The number of carbonyl (C=O) groups is 3. The highest BCUT2D eigenvalue weighted by Gasteiger charge is 2.29. The van der Waals surface area contributed by atoms with E-state index in [-0.39, 0.29) is 17.4 Å². The van der Waals surface area contributed by atoms with Crippen molar-refractivity contribution < 1.29 is 19.5 Å². The number of carbonyl (C=O) groups excluding carboxylic acids is 2. The van der Waals surface area contributed by atoms with Gasteiger partial charge < -0.3 is 15.3 Å². The third-order valence-electron chi connectivity index (χ3n) is 4.15. The van der Waals surface area contributed by atoms with Crippen molar-refractivity contribution in [2.75, 3.05) is 11.9 Å². The predicted octanol–water partition coefficient (Wildman–Crippen LogP) is 3.16. The van der Waals surface area contributed by atoms with Crippen LogP contribution in [0.5, 0.6) is 0 Å². The molecule has 0 radical (unpaired) electrons. The first-order valence-electron chi connectivity index (χ1n) is 8.17. The second-order valence-corrected chi connectivity index (χ2v) is 6.95. The molecule has 0 spiro atoms. The van der Waals surface area contributed by atoms with Gasteiger partial charge in [-0.25, -0.2) is 4.79 Å². The maximum atomic E-state index is 12.4. The van der Waals surface area contributed by atoms with Crippen LogP contribution in [0.1, 0.15) is 38.1 Å². The van der Waals surface area contributed by atoms with E-state index in [0.717, 1.165) is 4.88 Å². The summed E-state index contributed by atoms with van der Waals surface area (Å²) in [5.74, 6) is -1.52. The Hall–Kier alpha value is -2.93. The first kappa shape index (κ1) is 17.9. The average molecular weight is 370 g/mol. The van der Waals surface area contributed by atoms with Crippen molar-refractivity contribution in [3.63, 3.8) is 0 Å². The molecule has 7 heteroatoms. The number of rotatable bonds is 4. The molecule has 2 amide bonds. The van der Waals surface area contributed by atoms with Gasteiger partial charge in [0.2, 0.25) is 5.91 Å². The molecule has 6 nitrogen and oxygen atoms in total. The van der Waals surface area contributed by atoms with Crippen LogP contribution in [-0.4, -0.2) is 34.3 Å². The molecule has 0 fully saturated rings. The van der Waals surface area contributed by atoms with Crippen LogP contribution in [0, 0.1) is 0 Å². The van der Waals surface area contributed by atoms with Crippen molar-refractivity contribution in [2.45, 2.75) is 19.9 Å². The van der Waals surface area contributed by atoms with Crippen LogP contribution in [0.25, 0.3) is 0 Å². The summed E-state index contributed by atoms with van der Waals surface area (Å²) < 4.78 is 0. The van der Waals surface area contributed by atoms with Gasteiger partial charge in [0.1, 0.15) is 5.00 Å². The summed E-state index contributed by atoms with van der Waals surface area (Å²) >= 11 is 1.22. The molecule has 0 unspecified atom stereocenters. The Morgan fingerprint density at radius 3 is 2.62 bits per heavy atom. The van der Waals surface area contributed by atoms with Crippen molar-refractivity contribution in [3.05, 3.63) is 64.1 Å². The van der Waals surface area contributed by atoms with Crippen LogP contribution >= 0.6 is 11.3 Å². The highest BCUT2D eigenvalue weighted by molar-refractivity contribution is 7.17. The van der Waals surface area contributed by atoms with Crippen molar-refractivity contribution in [3.8, 4) is 0 Å². The smallest absolute Gasteiger partial charge is 0.339 e. The van der Waals surface area contributed by atoms with E-state index in [1.807, 2.05) is 0 Å². The number of carboxylic acids is 1. The van der Waals surface area contributed by atoms with Gasteiger partial charge >= 0.3 is 5.97 Å². The number of carboxylic acid groups (broad SMARTS) is 1. The Morgan fingerprint density at radius 1 is 1.23 bits per heavy atom. The van der Waals surface area contributed by atoms with Crippen molar-refractivity contribution >= 4 is 34.1 Å². The van der Waals surface area contributed by atoms with Gasteiger partial charge in [0.15, 0.2) is 0 Å². The van der Waals surface area contributed by atoms with E-state index in [0.29, 0.717) is 35.6 Å². The summed E-state index contributed by atoms with van der Waals surface area (Å²) in [6.07, 6.45) is 3.63. The lowest BCUT2D eigenvalue weighted by molar-refractivity contribution is -0.126. The third kappa shape index (κ3) is 3.52. The fraction of sp³-hybridized carbons (Fsp3) is 0.211. The van der Waals surface area contributed by atoms with Gasteiger partial charge in [-0.1, -0.05) is 24.3 Å². The van der Waals surface area contributed by atoms with Gasteiger partial charge in [0.25, 0.3) is 5.91 Å². The standard InChI is InChI=1S/C19H18N2O4S/c1-2-6-15(22)21-10-9-13-14(11-21)26-18(16(13)19(24)25)20-17(23)12-7-4-3-5-8-12/h2-8H,9-11H2,1H3,(H,20,23)(H,24,25). The van der Waals surface area contributed by atoms with E-state index < -0.39 is 5.97 Å². The molecule has 2 N–H and O–H groups in total. The van der Waals surface area contributed by atoms with Gasteiger partial charge in [0, 0.05) is 17.0 Å². The second kappa shape index (κ2) is 7.53. The Bertz CT molecular complexity index is 886. The van der Waals surface area contributed by atoms with Gasteiger partial charge in [-0.2, -0.15) is 0 Å². The van der Waals surface area contributed by atoms with Crippen LogP contribution in [0.15, 0.2) is 42.5 Å². The lowest BCUT2D eigenvalue weighted by atomic mass is 10.0. The number of benzene rings is 1. The van der Waals surface area contributed by atoms with Crippen LogP contribution in [0.4, 0.5) is 5.00 Å². The average Bonchev–Trinajstić information content (AvgIpc) is 2.99. The quantitative estimate of drug-likeness (QED) is 0.810. The second-order valence-electron chi connectivity index (χ2n) is 5.84. The molecule has 0 saturated carbocycles. The minimum atomic E-state index is -1.07. The number of thiophene rings is 1. The van der Waals surface area contributed by atoms with Crippen LogP contribution in [-0.2, 0) is 17.8 Å². The summed E-state index contributed by atoms with van der Waals surface area (Å²) in [5.41, 5.74) is 1.29. The van der Waals surface area contributed by atoms with E-state index in [9.17, 15) is 19.5 Å². The van der Waals surface area contributed by atoms with Gasteiger partial charge in [-0.15, -0.1) is 11.3 Å². The van der Waals surface area contributed by atoms with E-state index in [4.69, 9.17) is 0 Å². The molecule has 26 heavy (non-hydrogen) atoms. The molecule has 0 aliphatic carbocycles. The molecule has 0 saturated heterocycles. The van der Waals surface area contributed by atoms with Gasteiger partial charge in [-0.05, 0) is 37.1 Å². The zero-order chi connectivity index (χ0) is 18.7. The SMILES string of the molecule is CC=CC(=O)N1CCc2c(sc(NC(=O)c3ccccc3)c2C(=O)O)C1. The predicted molar refractivity (Wildman–Crippen MR) is 99.6 cm³/mol. The Kier molecular flexibility index (Phi) is 5.18. The molecule has 1 aliphatic heterocycles. The van der Waals surface area contributed by atoms with Gasteiger partial charge in [0.05, 0.1) is 12.1 Å². The highest BCUT2D eigenvalue weighted by Crippen LogP contribution is 2.37. The number of nitrogens with one attached hydrogen (secondary N) is 1. The van der Waals surface area contributed by atoms with Crippen molar-refractivity contribution in [1.82, 2.24) is 4.90 Å². The maximum absolute atomic E-state index is 12.4. The lowest BCUT2D eigenvalue weighted by Gasteiger charge is -2.26. The summed E-state index contributed by atoms with van der Waals surface area (Å²) in [7, 11) is 0. The molecule has 1 aromatic heterocycles. The van der Waals surface area contributed by atoms with Crippen molar-refractivity contribution in [2.24, 2.45) is 0 Å². The molecule has 0 bridgehead atoms. The number of hydrogen-bond donors (Lipinski definition) is 2. The molecular weight excluding hydrogens is 352 g/mol. The zero-order valence-corrected chi connectivity index (χ0v) is 15.0. The summed E-state index contributed by atoms with van der Waals surface area (Å²) in [6.45, 7) is 2.59. The first-order valence-corrected chi connectivity index (χ1v) is 8.98. The zero-order valence-electron chi connectivity index (χ0n) is 14.2. The summed E-state index contributed by atoms with van der Waals surface area (Å²) in [4.78, 5) is 38.7. The van der Waals surface area contributed by atoms with E-state index in [2.05, 4.69) is 5.32 Å². The minimum Gasteiger partial charge on any atom is -0.478 e. The molecule has 1 aliphatic rings. The Balaban J connectivity index is 1.89. The van der Waals surface area contributed by atoms with Crippen LogP contribution < -0.4 is 5.32 Å². The molecule has 3 rings (SSSR count). The number of aromatic carboxylic acids is 1. The van der Waals surface area contributed by atoms with Gasteiger partial charge in [-0.3, -0.25) is 9.59 Å². The number of hydrogen-bond acceptors (Lipinski definition) is 4. The molecule has 2 aromatic rings. The molecule has 0 atom stereocenters. The molecule has 1 aromatic carbocycles. The van der Waals surface area contributed by atoms with Crippen LogP contribution in [0.3, 0.4) is 0 Å². The maximum Gasteiger partial charge on any atom is 0.339 e. The number of amides is 2. The normalized spacial score (nSPS) is 13.5. The van der Waals surface area contributed by atoms with E-state index in [1.54, 1.807) is 48.2 Å². The molecular formula is C19H18N2O4S. The van der Waals surface area contributed by atoms with E-state index in [1.165, 1.54) is 17.4 Å². The Labute approximate surface area is 154 Å². The number of allylic oxidation sites excluding steroid dienone is 1. The number of fused-ring (bicyclic) bond motifs is 1. The topological polar surface area (TPSA) is 86.7 Å². The molecule has 2 heterocycles. The summed E-state index contributed by atoms with van der Waals surface area (Å²) in [6, 6.07) is 8.63. The lowest BCUT2D eigenvalue weighted by Crippen LogP contribution is -2.34. The molecule has 134 valence electrons. The number of nitrogens with zero attached hydrogens (tertiary/aromatic N) is 1. The monoisotopic (exact) mass is 370 g/mol. The Morgan fingerprint density at radius 2 is 1.96 bits per heavy atom. The van der Waals surface area contributed by atoms with E-state index >= 15 is 0 Å². The van der Waals surface area contributed by atoms with Crippen molar-refractivity contribution in [1.29, 1.82) is 0 Å². The minimum absolute atomic E-state index is 0.0988. The highest BCUT2D eigenvalue weighted by atomic mass is 32.1.